The number of ketones is 1. The zero-order chi connectivity index (χ0) is 15.8. The number of carbonyl (C=O) groups excluding carboxylic acids is 2. The van der Waals surface area contributed by atoms with Crippen LogP contribution in [0.2, 0.25) is 0 Å². The van der Waals surface area contributed by atoms with Crippen LogP contribution in [0.5, 0.6) is 0 Å². The summed E-state index contributed by atoms with van der Waals surface area (Å²) in [5, 5.41) is 10.9. The topological polar surface area (TPSA) is 63.6 Å². The summed E-state index contributed by atoms with van der Waals surface area (Å²) >= 11 is 0. The maximum Gasteiger partial charge on any atom is 0.331 e. The minimum absolute atomic E-state index is 0.0697. The predicted octanol–water partition coefficient (Wildman–Crippen LogP) is 1.79. The number of esters is 1. The Hall–Kier alpha value is -1.86. The van der Waals surface area contributed by atoms with Crippen molar-refractivity contribution in [3.8, 4) is 11.8 Å². The number of ether oxygens (including phenoxy) is 1. The van der Waals surface area contributed by atoms with E-state index in [0.717, 1.165) is 0 Å². The van der Waals surface area contributed by atoms with Gasteiger partial charge in [-0.2, -0.15) is 0 Å². The molecule has 112 valence electrons. The quantitative estimate of drug-likeness (QED) is 0.478. The molecular formula is C17H20O4. The summed E-state index contributed by atoms with van der Waals surface area (Å²) in [6.07, 6.45) is 3.43. The van der Waals surface area contributed by atoms with E-state index in [1.165, 1.54) is 12.2 Å². The number of rotatable bonds is 2. The van der Waals surface area contributed by atoms with Gasteiger partial charge in [-0.25, -0.2) is 4.79 Å². The molecule has 3 unspecified atom stereocenters. The maximum atomic E-state index is 11.8. The monoisotopic (exact) mass is 288 g/mol. The van der Waals surface area contributed by atoms with Gasteiger partial charge in [0.2, 0.25) is 0 Å². The zero-order valence-electron chi connectivity index (χ0n) is 12.8. The second-order valence-corrected chi connectivity index (χ2v) is 5.94. The Labute approximate surface area is 124 Å². The van der Waals surface area contributed by atoms with Crippen molar-refractivity contribution in [1.29, 1.82) is 0 Å². The Morgan fingerprint density at radius 2 is 2.29 bits per heavy atom. The number of carbonyl (C=O) groups is 2. The summed E-state index contributed by atoms with van der Waals surface area (Å²) in [5.74, 6) is 5.15. The molecule has 0 amide bonds. The highest BCUT2D eigenvalue weighted by atomic mass is 16.5. The first-order valence-corrected chi connectivity index (χ1v) is 7.08. The Balaban J connectivity index is 2.27. The van der Waals surface area contributed by atoms with E-state index in [-0.39, 0.29) is 11.7 Å². The van der Waals surface area contributed by atoms with Crippen molar-refractivity contribution in [3.05, 3.63) is 23.3 Å². The first-order chi connectivity index (χ1) is 9.74. The summed E-state index contributed by atoms with van der Waals surface area (Å²) < 4.78 is 4.81. The molecule has 1 N–H and O–H groups in total. The van der Waals surface area contributed by atoms with Gasteiger partial charge in [0, 0.05) is 23.0 Å². The van der Waals surface area contributed by atoms with Gasteiger partial charge in [-0.1, -0.05) is 18.8 Å². The van der Waals surface area contributed by atoms with Crippen LogP contribution in [-0.2, 0) is 14.3 Å². The Kier molecular flexibility index (Phi) is 3.81. The van der Waals surface area contributed by atoms with Gasteiger partial charge in [0.25, 0.3) is 0 Å². The SMILES string of the molecule is CCOC(=O)C=C(C)C#CC1(O)C(C)=CC(=O)C2CC21C. The van der Waals surface area contributed by atoms with E-state index in [2.05, 4.69) is 11.8 Å². The molecule has 0 bridgehead atoms. The minimum atomic E-state index is -1.31. The lowest BCUT2D eigenvalue weighted by molar-refractivity contribution is -0.137. The average molecular weight is 288 g/mol. The Morgan fingerprint density at radius 3 is 2.90 bits per heavy atom. The van der Waals surface area contributed by atoms with E-state index in [1.54, 1.807) is 20.8 Å². The standard InChI is InChI=1S/C17H20O4/c1-5-21-15(19)8-11(2)6-7-17(20)12(3)9-14(18)13-10-16(13,17)4/h8-9,13,20H,5,10H2,1-4H3. The van der Waals surface area contributed by atoms with Crippen LogP contribution < -0.4 is 0 Å². The summed E-state index contributed by atoms with van der Waals surface area (Å²) in [7, 11) is 0. The molecule has 21 heavy (non-hydrogen) atoms. The highest BCUT2D eigenvalue weighted by molar-refractivity contribution is 5.98. The fourth-order valence-electron chi connectivity index (χ4n) is 2.88. The van der Waals surface area contributed by atoms with Crippen molar-refractivity contribution in [2.45, 2.75) is 39.7 Å². The van der Waals surface area contributed by atoms with Crippen molar-refractivity contribution in [2.75, 3.05) is 6.61 Å². The molecule has 4 nitrogen and oxygen atoms in total. The number of aliphatic hydroxyl groups is 1. The normalized spacial score (nSPS) is 34.3. The van der Waals surface area contributed by atoms with Gasteiger partial charge in [-0.15, -0.1) is 0 Å². The lowest BCUT2D eigenvalue weighted by Crippen LogP contribution is -2.42. The number of allylic oxidation sites excluding steroid dienone is 2. The van der Waals surface area contributed by atoms with E-state index < -0.39 is 17.0 Å². The van der Waals surface area contributed by atoms with Crippen molar-refractivity contribution >= 4 is 11.8 Å². The molecule has 1 fully saturated rings. The maximum absolute atomic E-state index is 11.8. The van der Waals surface area contributed by atoms with Crippen LogP contribution in [0.3, 0.4) is 0 Å². The van der Waals surface area contributed by atoms with Gasteiger partial charge in [0.05, 0.1) is 6.61 Å². The smallest absolute Gasteiger partial charge is 0.331 e. The molecular weight excluding hydrogens is 268 g/mol. The van der Waals surface area contributed by atoms with Crippen LogP contribution in [0.25, 0.3) is 0 Å². The number of hydrogen-bond donors (Lipinski definition) is 1. The van der Waals surface area contributed by atoms with Crippen LogP contribution in [-0.4, -0.2) is 29.1 Å². The molecule has 0 aromatic rings. The third kappa shape index (κ3) is 2.54. The second kappa shape index (κ2) is 5.16. The molecule has 4 heteroatoms. The summed E-state index contributed by atoms with van der Waals surface area (Å²) in [6.45, 7) is 7.33. The Bertz CT molecular complexity index is 616. The van der Waals surface area contributed by atoms with Gasteiger partial charge in [0.15, 0.2) is 11.4 Å². The highest BCUT2D eigenvalue weighted by Crippen LogP contribution is 2.63. The molecule has 2 aliphatic rings. The van der Waals surface area contributed by atoms with Crippen molar-refractivity contribution in [1.82, 2.24) is 0 Å². The summed E-state index contributed by atoms with van der Waals surface area (Å²) in [6, 6.07) is 0. The molecule has 0 spiro atoms. The third-order valence-electron chi connectivity index (χ3n) is 4.40. The summed E-state index contributed by atoms with van der Waals surface area (Å²) in [4.78, 5) is 23.1. The van der Waals surface area contributed by atoms with E-state index in [1.807, 2.05) is 6.92 Å². The minimum Gasteiger partial charge on any atom is -0.463 e. The number of hydrogen-bond acceptors (Lipinski definition) is 4. The van der Waals surface area contributed by atoms with Crippen molar-refractivity contribution < 1.29 is 19.4 Å². The van der Waals surface area contributed by atoms with E-state index in [4.69, 9.17) is 4.74 Å². The van der Waals surface area contributed by atoms with Gasteiger partial charge in [-0.05, 0) is 38.8 Å². The van der Waals surface area contributed by atoms with Crippen LogP contribution in [0.4, 0.5) is 0 Å². The van der Waals surface area contributed by atoms with Crippen LogP contribution >= 0.6 is 0 Å². The van der Waals surface area contributed by atoms with Crippen molar-refractivity contribution in [3.63, 3.8) is 0 Å². The largest absolute Gasteiger partial charge is 0.463 e. The van der Waals surface area contributed by atoms with Crippen LogP contribution in [0, 0.1) is 23.2 Å². The molecule has 0 aromatic heterocycles. The molecule has 0 heterocycles. The molecule has 0 radical (unpaired) electrons. The lowest BCUT2D eigenvalue weighted by atomic mass is 9.74. The fraction of sp³-hybridized carbons (Fsp3) is 0.529. The van der Waals surface area contributed by atoms with E-state index >= 15 is 0 Å². The first-order valence-electron chi connectivity index (χ1n) is 7.08. The van der Waals surface area contributed by atoms with Gasteiger partial charge in [-0.3, -0.25) is 4.79 Å². The average Bonchev–Trinajstić information content (AvgIpc) is 3.09. The third-order valence-corrected chi connectivity index (χ3v) is 4.40. The second-order valence-electron chi connectivity index (χ2n) is 5.94. The van der Waals surface area contributed by atoms with Crippen molar-refractivity contribution in [2.24, 2.45) is 11.3 Å². The van der Waals surface area contributed by atoms with Gasteiger partial charge >= 0.3 is 5.97 Å². The first kappa shape index (κ1) is 15.5. The molecule has 2 rings (SSSR count). The highest BCUT2D eigenvalue weighted by Gasteiger charge is 2.67. The lowest BCUT2D eigenvalue weighted by Gasteiger charge is -2.33. The molecule has 1 saturated carbocycles. The van der Waals surface area contributed by atoms with Gasteiger partial charge < -0.3 is 9.84 Å². The summed E-state index contributed by atoms with van der Waals surface area (Å²) in [5.41, 5.74) is -0.734. The molecule has 0 aliphatic heterocycles. The molecule has 2 aliphatic carbocycles. The molecule has 3 atom stereocenters. The van der Waals surface area contributed by atoms with E-state index in [0.29, 0.717) is 24.2 Å². The molecule has 0 aromatic carbocycles. The Morgan fingerprint density at radius 1 is 1.62 bits per heavy atom. The number of fused-ring (bicyclic) bond motifs is 1. The van der Waals surface area contributed by atoms with E-state index in [9.17, 15) is 14.7 Å². The molecule has 0 saturated heterocycles. The van der Waals surface area contributed by atoms with Crippen LogP contribution in [0.15, 0.2) is 23.3 Å². The zero-order valence-corrected chi connectivity index (χ0v) is 12.8. The predicted molar refractivity (Wildman–Crippen MR) is 78.1 cm³/mol. The fourth-order valence-corrected chi connectivity index (χ4v) is 2.88. The van der Waals surface area contributed by atoms with Gasteiger partial charge in [0.1, 0.15) is 0 Å². The van der Waals surface area contributed by atoms with Crippen LogP contribution in [0.1, 0.15) is 34.1 Å².